The van der Waals surface area contributed by atoms with Crippen LogP contribution in [0.4, 0.5) is 17.6 Å². The molecule has 1 aromatic carbocycles. The number of benzene rings is 1. The van der Waals surface area contributed by atoms with Gasteiger partial charge in [-0.3, -0.25) is 0 Å². The first-order chi connectivity index (χ1) is 6.37. The number of halogens is 4. The van der Waals surface area contributed by atoms with Gasteiger partial charge in [0.1, 0.15) is 0 Å². The first-order valence-electron chi connectivity index (χ1n) is 3.86. The highest BCUT2D eigenvalue weighted by molar-refractivity contribution is 5.63. The third kappa shape index (κ3) is 1.41. The van der Waals surface area contributed by atoms with Crippen LogP contribution in [0.2, 0.25) is 0 Å². The zero-order valence-electron chi connectivity index (χ0n) is 7.72. The van der Waals surface area contributed by atoms with E-state index in [9.17, 15) is 17.6 Å². The van der Waals surface area contributed by atoms with Crippen molar-refractivity contribution < 1.29 is 17.6 Å². The highest BCUT2D eigenvalue weighted by Crippen LogP contribution is 2.27. The fraction of sp³-hybridized carbons (Fsp3) is 0.200. The monoisotopic (exact) mass is 204 g/mol. The maximum Gasteiger partial charge on any atom is 0.169 e. The molecule has 0 amide bonds. The number of hydrogen-bond acceptors (Lipinski definition) is 0. The van der Waals surface area contributed by atoms with Crippen LogP contribution in [0.3, 0.4) is 0 Å². The molecular weight excluding hydrogens is 196 g/mol. The van der Waals surface area contributed by atoms with Crippen LogP contribution in [0.25, 0.3) is 5.57 Å². The quantitative estimate of drug-likeness (QED) is 0.484. The molecule has 4 heteroatoms. The molecule has 0 bridgehead atoms. The molecule has 0 fully saturated rings. The maximum atomic E-state index is 13.1. The summed E-state index contributed by atoms with van der Waals surface area (Å²) < 4.78 is 52.2. The molecule has 14 heavy (non-hydrogen) atoms. The molecule has 0 radical (unpaired) electrons. The van der Waals surface area contributed by atoms with Crippen molar-refractivity contribution in [2.45, 2.75) is 13.8 Å². The molecule has 0 spiro atoms. The molecule has 0 aromatic heterocycles. The average Bonchev–Trinajstić information content (AvgIpc) is 2.11. The SMILES string of the molecule is C=C(C)c1c(F)c(F)c(C)c(F)c1F. The summed E-state index contributed by atoms with van der Waals surface area (Å²) in [4.78, 5) is 0. The molecule has 0 aliphatic carbocycles. The third-order valence-corrected chi connectivity index (χ3v) is 1.91. The summed E-state index contributed by atoms with van der Waals surface area (Å²) in [5, 5.41) is 0. The number of rotatable bonds is 1. The smallest absolute Gasteiger partial charge is 0.169 e. The van der Waals surface area contributed by atoms with Crippen LogP contribution in [-0.2, 0) is 0 Å². The van der Waals surface area contributed by atoms with Gasteiger partial charge in [0, 0.05) is 5.56 Å². The van der Waals surface area contributed by atoms with Crippen molar-refractivity contribution in [1.82, 2.24) is 0 Å². The van der Waals surface area contributed by atoms with Crippen molar-refractivity contribution in [1.29, 1.82) is 0 Å². The summed E-state index contributed by atoms with van der Waals surface area (Å²) in [6, 6.07) is 0. The summed E-state index contributed by atoms with van der Waals surface area (Å²) >= 11 is 0. The summed E-state index contributed by atoms with van der Waals surface area (Å²) in [7, 11) is 0. The van der Waals surface area contributed by atoms with Crippen LogP contribution < -0.4 is 0 Å². The van der Waals surface area contributed by atoms with Crippen LogP contribution in [0.1, 0.15) is 18.1 Å². The molecule has 0 aliphatic rings. The lowest BCUT2D eigenvalue weighted by atomic mass is 10.0. The average molecular weight is 204 g/mol. The fourth-order valence-electron chi connectivity index (χ4n) is 1.12. The zero-order valence-corrected chi connectivity index (χ0v) is 7.72. The Hall–Kier alpha value is -1.32. The topological polar surface area (TPSA) is 0 Å². The lowest BCUT2D eigenvalue weighted by molar-refractivity contribution is 0.441. The van der Waals surface area contributed by atoms with E-state index in [4.69, 9.17) is 0 Å². The Kier molecular flexibility index (Phi) is 2.64. The van der Waals surface area contributed by atoms with Gasteiger partial charge in [0.15, 0.2) is 23.3 Å². The van der Waals surface area contributed by atoms with E-state index in [1.165, 1.54) is 6.92 Å². The van der Waals surface area contributed by atoms with Crippen LogP contribution in [-0.4, -0.2) is 0 Å². The summed E-state index contributed by atoms with van der Waals surface area (Å²) in [5.41, 5.74) is -1.45. The van der Waals surface area contributed by atoms with E-state index in [0.717, 1.165) is 6.92 Å². The lowest BCUT2D eigenvalue weighted by Gasteiger charge is -2.08. The Morgan fingerprint density at radius 3 is 1.57 bits per heavy atom. The van der Waals surface area contributed by atoms with Crippen molar-refractivity contribution in [3.63, 3.8) is 0 Å². The van der Waals surface area contributed by atoms with E-state index in [-0.39, 0.29) is 5.57 Å². The van der Waals surface area contributed by atoms with Crippen molar-refractivity contribution in [2.75, 3.05) is 0 Å². The van der Waals surface area contributed by atoms with Crippen LogP contribution >= 0.6 is 0 Å². The molecule has 0 aliphatic heterocycles. The minimum absolute atomic E-state index is 0.0576. The minimum Gasteiger partial charge on any atom is -0.203 e. The van der Waals surface area contributed by atoms with E-state index < -0.39 is 34.4 Å². The standard InChI is InChI=1S/C10H8F4/c1-4(2)6-9(13)7(11)5(3)8(12)10(6)14/h1H2,2-3H3. The van der Waals surface area contributed by atoms with Gasteiger partial charge in [0.25, 0.3) is 0 Å². The molecular formula is C10H8F4. The number of allylic oxidation sites excluding steroid dienone is 1. The minimum atomic E-state index is -1.39. The Bertz CT molecular complexity index is 378. The highest BCUT2D eigenvalue weighted by atomic mass is 19.2. The van der Waals surface area contributed by atoms with Gasteiger partial charge in [0.2, 0.25) is 0 Å². The zero-order chi connectivity index (χ0) is 11.0. The van der Waals surface area contributed by atoms with E-state index in [2.05, 4.69) is 6.58 Å². The van der Waals surface area contributed by atoms with Gasteiger partial charge in [-0.2, -0.15) is 0 Å². The van der Waals surface area contributed by atoms with Crippen molar-refractivity contribution in [3.8, 4) is 0 Å². The normalized spacial score (nSPS) is 10.4. The predicted octanol–water partition coefficient (Wildman–Crippen LogP) is 3.58. The molecule has 76 valence electrons. The second-order valence-electron chi connectivity index (χ2n) is 3.04. The molecule has 0 saturated carbocycles. The second-order valence-corrected chi connectivity index (χ2v) is 3.04. The maximum absolute atomic E-state index is 13.1. The molecule has 0 N–H and O–H groups in total. The highest BCUT2D eigenvalue weighted by Gasteiger charge is 2.22. The van der Waals surface area contributed by atoms with Gasteiger partial charge in [-0.15, -0.1) is 0 Å². The van der Waals surface area contributed by atoms with Crippen LogP contribution in [0, 0.1) is 30.2 Å². The second kappa shape index (κ2) is 3.44. The molecule has 1 rings (SSSR count). The summed E-state index contributed by atoms with van der Waals surface area (Å²) in [6.45, 7) is 5.49. The van der Waals surface area contributed by atoms with Gasteiger partial charge in [-0.05, 0) is 19.4 Å². The van der Waals surface area contributed by atoms with Crippen molar-refractivity contribution >= 4 is 5.57 Å². The largest absolute Gasteiger partial charge is 0.203 e. The van der Waals surface area contributed by atoms with E-state index in [0.29, 0.717) is 0 Å². The van der Waals surface area contributed by atoms with Crippen molar-refractivity contribution in [2.24, 2.45) is 0 Å². The fourth-order valence-corrected chi connectivity index (χ4v) is 1.12. The Balaban J connectivity index is 3.68. The first-order valence-corrected chi connectivity index (χ1v) is 3.86. The number of hydrogen-bond donors (Lipinski definition) is 0. The molecule has 0 heterocycles. The van der Waals surface area contributed by atoms with Gasteiger partial charge in [-0.1, -0.05) is 6.58 Å². The third-order valence-electron chi connectivity index (χ3n) is 1.91. The predicted molar refractivity (Wildman–Crippen MR) is 45.7 cm³/mol. The van der Waals surface area contributed by atoms with Gasteiger partial charge < -0.3 is 0 Å². The van der Waals surface area contributed by atoms with Gasteiger partial charge in [-0.25, -0.2) is 17.6 Å². The van der Waals surface area contributed by atoms with Crippen LogP contribution in [0.5, 0.6) is 0 Å². The molecule has 0 atom stereocenters. The molecule has 0 saturated heterocycles. The summed E-state index contributed by atoms with van der Waals surface area (Å²) in [5.74, 6) is -5.54. The summed E-state index contributed by atoms with van der Waals surface area (Å²) in [6.07, 6.45) is 0. The Labute approximate surface area is 78.9 Å². The van der Waals surface area contributed by atoms with E-state index in [1.807, 2.05) is 0 Å². The van der Waals surface area contributed by atoms with Crippen molar-refractivity contribution in [3.05, 3.63) is 41.0 Å². The molecule has 0 unspecified atom stereocenters. The first kappa shape index (κ1) is 10.8. The lowest BCUT2D eigenvalue weighted by Crippen LogP contribution is -2.04. The van der Waals surface area contributed by atoms with Crippen LogP contribution in [0.15, 0.2) is 6.58 Å². The molecule has 1 aromatic rings. The van der Waals surface area contributed by atoms with Gasteiger partial charge >= 0.3 is 0 Å². The van der Waals surface area contributed by atoms with E-state index in [1.54, 1.807) is 0 Å². The Morgan fingerprint density at radius 1 is 0.929 bits per heavy atom. The van der Waals surface area contributed by atoms with E-state index >= 15 is 0 Å². The molecule has 0 nitrogen and oxygen atoms in total. The Morgan fingerprint density at radius 2 is 1.29 bits per heavy atom. The van der Waals surface area contributed by atoms with Gasteiger partial charge in [0.05, 0.1) is 5.56 Å².